The fourth-order valence-electron chi connectivity index (χ4n) is 8.91. The van der Waals surface area contributed by atoms with Gasteiger partial charge in [0.15, 0.2) is 0 Å². The van der Waals surface area contributed by atoms with Crippen molar-refractivity contribution in [1.29, 1.82) is 5.26 Å². The Morgan fingerprint density at radius 1 is 1.19 bits per heavy atom. The standard InChI is InChI=1S/C33H41FN6O3/c1-20-5-8-33(29-24(20)3-4-27(36)25(29)13-35)12-28-26(18-43-33)30(39-14-22(15-39)21-6-10-41-17-21)38-31(37-28)42-19-32-7-2-9-40(32)16-23(34)11-32/h3-4,20-23H,2,5-12,14-19,36H2,1H3. The number of fused-ring (bicyclic) bond motifs is 4. The molecule has 0 radical (unpaired) electrons. The molecule has 0 saturated carbocycles. The molecule has 1 aliphatic carbocycles. The summed E-state index contributed by atoms with van der Waals surface area (Å²) < 4.78 is 33.4. The van der Waals surface area contributed by atoms with Crippen molar-refractivity contribution in [2.45, 2.75) is 81.7 Å². The fourth-order valence-corrected chi connectivity index (χ4v) is 8.91. The predicted octanol–water partition coefficient (Wildman–Crippen LogP) is 4.22. The number of nitrogens with two attached hydrogens (primary N) is 1. The molecule has 0 bridgehead atoms. The zero-order chi connectivity index (χ0) is 29.3. The molecule has 1 aromatic carbocycles. The van der Waals surface area contributed by atoms with Crippen molar-refractivity contribution in [2.24, 2.45) is 11.8 Å². The molecule has 43 heavy (non-hydrogen) atoms. The molecule has 228 valence electrons. The molecular formula is C33H41FN6O3. The van der Waals surface area contributed by atoms with Gasteiger partial charge in [0, 0.05) is 62.5 Å². The summed E-state index contributed by atoms with van der Waals surface area (Å²) in [4.78, 5) is 14.6. The predicted molar refractivity (Wildman–Crippen MR) is 159 cm³/mol. The largest absolute Gasteiger partial charge is 0.461 e. The summed E-state index contributed by atoms with van der Waals surface area (Å²) in [6, 6.07) is 6.66. The molecule has 6 heterocycles. The SMILES string of the molecule is CC1CCC2(Cc3nc(OCC45CCCN4CC(F)C5)nc(N4CC(C5CCOC5)C4)c3CO2)c2c1ccc(N)c2C#N. The van der Waals surface area contributed by atoms with Crippen molar-refractivity contribution >= 4 is 11.5 Å². The average Bonchev–Trinajstić information content (AvgIpc) is 3.70. The van der Waals surface area contributed by atoms with Crippen molar-refractivity contribution in [1.82, 2.24) is 14.9 Å². The first-order chi connectivity index (χ1) is 20.9. The average molecular weight is 589 g/mol. The third-order valence-corrected chi connectivity index (χ3v) is 11.4. The number of hydrogen-bond donors (Lipinski definition) is 1. The van der Waals surface area contributed by atoms with Crippen LogP contribution in [-0.2, 0) is 28.1 Å². The van der Waals surface area contributed by atoms with Crippen LogP contribution in [0.5, 0.6) is 6.01 Å². The van der Waals surface area contributed by atoms with Gasteiger partial charge in [-0.25, -0.2) is 4.39 Å². The second-order valence-corrected chi connectivity index (χ2v) is 13.9. The number of nitrogen functional groups attached to an aromatic ring is 1. The Balaban J connectivity index is 1.14. The van der Waals surface area contributed by atoms with Crippen molar-refractivity contribution < 1.29 is 18.6 Å². The normalized spacial score (nSPS) is 33.6. The van der Waals surface area contributed by atoms with E-state index in [1.54, 1.807) is 0 Å². The maximum Gasteiger partial charge on any atom is 0.318 e. The lowest BCUT2D eigenvalue weighted by Crippen LogP contribution is -2.51. The van der Waals surface area contributed by atoms with Gasteiger partial charge in [0.25, 0.3) is 0 Å². The minimum absolute atomic E-state index is 0.273. The fraction of sp³-hybridized carbons (Fsp3) is 0.667. The van der Waals surface area contributed by atoms with Crippen LogP contribution >= 0.6 is 0 Å². The summed E-state index contributed by atoms with van der Waals surface area (Å²) in [6.07, 6.45) is 5.10. The van der Waals surface area contributed by atoms with Gasteiger partial charge in [0.2, 0.25) is 0 Å². The van der Waals surface area contributed by atoms with E-state index >= 15 is 0 Å². The Kier molecular flexibility index (Phi) is 6.59. The van der Waals surface area contributed by atoms with E-state index in [9.17, 15) is 9.65 Å². The van der Waals surface area contributed by atoms with Gasteiger partial charge in [-0.1, -0.05) is 13.0 Å². The van der Waals surface area contributed by atoms with Crippen LogP contribution in [0, 0.1) is 23.2 Å². The number of rotatable bonds is 5. The number of nitrogens with zero attached hydrogens (tertiary/aromatic N) is 5. The number of benzene rings is 1. The molecule has 4 fully saturated rings. The molecule has 9 nitrogen and oxygen atoms in total. The topological polar surface area (TPSA) is 110 Å². The van der Waals surface area contributed by atoms with Crippen LogP contribution in [0.4, 0.5) is 15.9 Å². The van der Waals surface area contributed by atoms with Gasteiger partial charge in [-0.3, -0.25) is 4.90 Å². The zero-order valence-corrected chi connectivity index (χ0v) is 25.0. The number of alkyl halides is 1. The lowest BCUT2D eigenvalue weighted by atomic mass is 9.69. The molecule has 6 aliphatic rings. The maximum atomic E-state index is 14.5. The maximum absolute atomic E-state index is 14.5. The summed E-state index contributed by atoms with van der Waals surface area (Å²) in [7, 11) is 0. The van der Waals surface area contributed by atoms with E-state index < -0.39 is 11.8 Å². The molecule has 4 saturated heterocycles. The van der Waals surface area contributed by atoms with Gasteiger partial charge in [0.1, 0.15) is 30.3 Å². The van der Waals surface area contributed by atoms with Crippen molar-refractivity contribution in [2.75, 3.05) is 56.6 Å². The Morgan fingerprint density at radius 2 is 2.07 bits per heavy atom. The van der Waals surface area contributed by atoms with Crippen LogP contribution in [0.15, 0.2) is 12.1 Å². The Labute approximate surface area is 252 Å². The van der Waals surface area contributed by atoms with Gasteiger partial charge < -0.3 is 24.8 Å². The van der Waals surface area contributed by atoms with Crippen LogP contribution in [0.3, 0.4) is 0 Å². The number of hydrogen-bond acceptors (Lipinski definition) is 9. The number of ether oxygens (including phenoxy) is 3. The molecule has 1 aromatic heterocycles. The number of anilines is 2. The first-order valence-electron chi connectivity index (χ1n) is 16.1. The molecule has 2 aromatic rings. The highest BCUT2D eigenvalue weighted by Gasteiger charge is 2.50. The number of nitriles is 1. The van der Waals surface area contributed by atoms with Crippen molar-refractivity contribution in [3.05, 3.63) is 40.1 Å². The monoisotopic (exact) mass is 588 g/mol. The third kappa shape index (κ3) is 4.41. The Bertz CT molecular complexity index is 1470. The lowest BCUT2D eigenvalue weighted by Gasteiger charge is -2.47. The van der Waals surface area contributed by atoms with E-state index in [2.05, 4.69) is 28.9 Å². The van der Waals surface area contributed by atoms with Crippen LogP contribution < -0.4 is 15.4 Å². The minimum atomic E-state index is -0.811. The summed E-state index contributed by atoms with van der Waals surface area (Å²) in [5, 5.41) is 10.2. The van der Waals surface area contributed by atoms with E-state index in [4.69, 9.17) is 29.9 Å². The van der Waals surface area contributed by atoms with Crippen LogP contribution in [0.2, 0.25) is 0 Å². The molecule has 5 unspecified atom stereocenters. The van der Waals surface area contributed by atoms with E-state index in [1.807, 2.05) is 6.07 Å². The molecule has 5 atom stereocenters. The molecule has 8 rings (SSSR count). The molecule has 5 aliphatic heterocycles. The van der Waals surface area contributed by atoms with E-state index in [0.717, 1.165) is 93.2 Å². The third-order valence-electron chi connectivity index (χ3n) is 11.4. The van der Waals surface area contributed by atoms with E-state index in [-0.39, 0.29) is 5.54 Å². The van der Waals surface area contributed by atoms with Gasteiger partial charge >= 0.3 is 6.01 Å². The first kappa shape index (κ1) is 27.5. The van der Waals surface area contributed by atoms with Crippen molar-refractivity contribution in [3.8, 4) is 12.1 Å². The second-order valence-electron chi connectivity index (χ2n) is 13.9. The van der Waals surface area contributed by atoms with Gasteiger partial charge in [-0.2, -0.15) is 15.2 Å². The molecule has 2 N–H and O–H groups in total. The van der Waals surface area contributed by atoms with Gasteiger partial charge in [-0.15, -0.1) is 0 Å². The summed E-state index contributed by atoms with van der Waals surface area (Å²) in [6.45, 7) is 7.93. The summed E-state index contributed by atoms with van der Waals surface area (Å²) >= 11 is 0. The first-order valence-corrected chi connectivity index (χ1v) is 16.1. The lowest BCUT2D eigenvalue weighted by molar-refractivity contribution is -0.0874. The summed E-state index contributed by atoms with van der Waals surface area (Å²) in [5.74, 6) is 2.39. The smallest absolute Gasteiger partial charge is 0.318 e. The Morgan fingerprint density at radius 3 is 2.88 bits per heavy atom. The molecular weight excluding hydrogens is 547 g/mol. The highest BCUT2D eigenvalue weighted by molar-refractivity contribution is 5.64. The van der Waals surface area contributed by atoms with Crippen LogP contribution in [0.1, 0.15) is 79.3 Å². The van der Waals surface area contributed by atoms with Gasteiger partial charge in [0.05, 0.1) is 23.4 Å². The highest BCUT2D eigenvalue weighted by atomic mass is 19.1. The van der Waals surface area contributed by atoms with E-state index in [1.165, 1.54) is 0 Å². The number of aromatic nitrogens is 2. The minimum Gasteiger partial charge on any atom is -0.461 e. The highest BCUT2D eigenvalue weighted by Crippen LogP contribution is 2.51. The Hall–Kier alpha value is -3.00. The van der Waals surface area contributed by atoms with Crippen molar-refractivity contribution in [3.63, 3.8) is 0 Å². The van der Waals surface area contributed by atoms with Gasteiger partial charge in [-0.05, 0) is 68.0 Å². The van der Waals surface area contributed by atoms with Crippen LogP contribution in [0.25, 0.3) is 0 Å². The quantitative estimate of drug-likeness (QED) is 0.514. The zero-order valence-electron chi connectivity index (χ0n) is 25.0. The molecule has 0 amide bonds. The van der Waals surface area contributed by atoms with E-state index in [0.29, 0.717) is 67.6 Å². The summed E-state index contributed by atoms with van der Waals surface area (Å²) in [5.41, 5.74) is 10.4. The second kappa shape index (κ2) is 10.3. The molecule has 10 heteroatoms. The van der Waals surface area contributed by atoms with Crippen LogP contribution in [-0.4, -0.2) is 72.6 Å². The number of halogens is 1. The molecule has 1 spiro atoms.